The number of fused-ring (bicyclic) bond motifs is 1. The van der Waals surface area contributed by atoms with Crippen molar-refractivity contribution in [2.45, 2.75) is 47.1 Å². The second-order valence-corrected chi connectivity index (χ2v) is 9.31. The number of hydrogen-bond donors (Lipinski definition) is 0. The van der Waals surface area contributed by atoms with Gasteiger partial charge in [0.1, 0.15) is 0 Å². The highest BCUT2D eigenvalue weighted by Gasteiger charge is 2.37. The molecule has 18 heavy (non-hydrogen) atoms. The summed E-state index contributed by atoms with van der Waals surface area (Å²) in [5.74, 6) is 0.736. The van der Waals surface area contributed by atoms with Gasteiger partial charge in [-0.25, -0.2) is 0 Å². The van der Waals surface area contributed by atoms with Crippen molar-refractivity contribution in [2.24, 2.45) is 11.3 Å². The van der Waals surface area contributed by atoms with Crippen LogP contribution in [0.1, 0.15) is 51.1 Å². The van der Waals surface area contributed by atoms with Crippen LogP contribution in [-0.4, -0.2) is 18.0 Å². The molecule has 3 heteroatoms. The molecule has 0 spiro atoms. The maximum atomic E-state index is 3.66. The molecule has 0 N–H and O–H groups in total. The van der Waals surface area contributed by atoms with Crippen molar-refractivity contribution in [3.8, 4) is 0 Å². The van der Waals surface area contributed by atoms with Gasteiger partial charge in [0.15, 0.2) is 0 Å². The van der Waals surface area contributed by atoms with E-state index >= 15 is 0 Å². The topological polar surface area (TPSA) is 3.24 Å². The highest BCUT2D eigenvalue weighted by Crippen LogP contribution is 2.46. The molecule has 1 aliphatic rings. The van der Waals surface area contributed by atoms with Crippen LogP contribution in [0.25, 0.3) is 0 Å². The maximum Gasteiger partial charge on any atom is 0.0704 e. The SMILES string of the molecule is CC(C)CN1CCc2cc(Br)sc2C1C(C)(C)C. The van der Waals surface area contributed by atoms with E-state index in [1.807, 2.05) is 11.3 Å². The lowest BCUT2D eigenvalue weighted by molar-refractivity contribution is 0.0809. The van der Waals surface area contributed by atoms with Gasteiger partial charge < -0.3 is 0 Å². The molecule has 1 unspecified atom stereocenters. The van der Waals surface area contributed by atoms with Gasteiger partial charge in [-0.15, -0.1) is 11.3 Å². The van der Waals surface area contributed by atoms with Crippen LogP contribution >= 0.6 is 27.3 Å². The fourth-order valence-corrected chi connectivity index (χ4v) is 5.12. The zero-order valence-corrected chi connectivity index (χ0v) is 14.5. The van der Waals surface area contributed by atoms with Crippen LogP contribution in [0.2, 0.25) is 0 Å². The number of thiophene rings is 1. The predicted molar refractivity (Wildman–Crippen MR) is 84.3 cm³/mol. The Kier molecular flexibility index (Phi) is 4.25. The second-order valence-electron chi connectivity index (χ2n) is 6.85. The molecule has 0 radical (unpaired) electrons. The van der Waals surface area contributed by atoms with E-state index in [0.717, 1.165) is 5.92 Å². The first-order valence-electron chi connectivity index (χ1n) is 6.81. The van der Waals surface area contributed by atoms with Crippen LogP contribution in [0.15, 0.2) is 9.85 Å². The van der Waals surface area contributed by atoms with E-state index < -0.39 is 0 Å². The summed E-state index contributed by atoms with van der Waals surface area (Å²) >= 11 is 5.59. The van der Waals surface area contributed by atoms with Gasteiger partial charge in [0, 0.05) is 24.0 Å². The van der Waals surface area contributed by atoms with Gasteiger partial charge in [0.05, 0.1) is 3.79 Å². The Morgan fingerprint density at radius 2 is 2.11 bits per heavy atom. The fraction of sp³-hybridized carbons (Fsp3) is 0.733. The van der Waals surface area contributed by atoms with Crippen LogP contribution in [-0.2, 0) is 6.42 Å². The summed E-state index contributed by atoms with van der Waals surface area (Å²) in [5.41, 5.74) is 1.86. The van der Waals surface area contributed by atoms with Gasteiger partial charge in [0.25, 0.3) is 0 Å². The summed E-state index contributed by atoms with van der Waals surface area (Å²) < 4.78 is 1.29. The molecule has 1 aromatic heterocycles. The predicted octanol–water partition coefficient (Wildman–Crippen LogP) is 5.11. The highest BCUT2D eigenvalue weighted by atomic mass is 79.9. The molecule has 1 atom stereocenters. The summed E-state index contributed by atoms with van der Waals surface area (Å²) in [4.78, 5) is 4.27. The lowest BCUT2D eigenvalue weighted by Crippen LogP contribution is -2.42. The molecule has 0 fully saturated rings. The van der Waals surface area contributed by atoms with Gasteiger partial charge in [-0.1, -0.05) is 34.6 Å². The van der Waals surface area contributed by atoms with Crippen molar-refractivity contribution in [2.75, 3.05) is 13.1 Å². The van der Waals surface area contributed by atoms with Crippen molar-refractivity contribution in [1.29, 1.82) is 0 Å². The van der Waals surface area contributed by atoms with Crippen molar-refractivity contribution in [3.05, 3.63) is 20.3 Å². The minimum atomic E-state index is 0.300. The summed E-state index contributed by atoms with van der Waals surface area (Å²) in [6.07, 6.45) is 1.21. The van der Waals surface area contributed by atoms with Crippen LogP contribution in [0, 0.1) is 11.3 Å². The Morgan fingerprint density at radius 3 is 2.67 bits per heavy atom. The third-order valence-electron chi connectivity index (χ3n) is 3.51. The molecule has 1 aliphatic heterocycles. The summed E-state index contributed by atoms with van der Waals surface area (Å²) in [6.45, 7) is 14.2. The number of halogens is 1. The van der Waals surface area contributed by atoms with Gasteiger partial charge in [-0.3, -0.25) is 4.90 Å². The van der Waals surface area contributed by atoms with Crippen molar-refractivity contribution in [1.82, 2.24) is 4.90 Å². The first-order chi connectivity index (χ1) is 8.29. The molecule has 2 heterocycles. The molecule has 0 saturated carbocycles. The molecule has 0 aromatic carbocycles. The minimum absolute atomic E-state index is 0.300. The van der Waals surface area contributed by atoms with E-state index in [1.165, 1.54) is 23.3 Å². The van der Waals surface area contributed by atoms with Crippen molar-refractivity contribution >= 4 is 27.3 Å². The van der Waals surface area contributed by atoms with E-state index in [2.05, 4.69) is 61.5 Å². The van der Waals surface area contributed by atoms with E-state index in [9.17, 15) is 0 Å². The summed E-state index contributed by atoms with van der Waals surface area (Å²) in [6, 6.07) is 2.89. The average Bonchev–Trinajstić information content (AvgIpc) is 2.54. The van der Waals surface area contributed by atoms with E-state index in [-0.39, 0.29) is 0 Å². The third kappa shape index (κ3) is 3.00. The lowest BCUT2D eigenvalue weighted by Gasteiger charge is -2.44. The molecule has 0 aliphatic carbocycles. The van der Waals surface area contributed by atoms with Crippen LogP contribution in [0.4, 0.5) is 0 Å². The van der Waals surface area contributed by atoms with Crippen LogP contribution in [0.5, 0.6) is 0 Å². The Balaban J connectivity index is 2.36. The first-order valence-corrected chi connectivity index (χ1v) is 8.42. The minimum Gasteiger partial charge on any atom is -0.294 e. The monoisotopic (exact) mass is 329 g/mol. The maximum absolute atomic E-state index is 3.66. The lowest BCUT2D eigenvalue weighted by atomic mass is 9.81. The zero-order valence-electron chi connectivity index (χ0n) is 12.1. The molecular weight excluding hydrogens is 306 g/mol. The zero-order chi connectivity index (χ0) is 13.5. The van der Waals surface area contributed by atoms with E-state index in [4.69, 9.17) is 0 Å². The molecule has 1 nitrogen and oxygen atoms in total. The third-order valence-corrected chi connectivity index (χ3v) is 5.25. The van der Waals surface area contributed by atoms with Crippen LogP contribution < -0.4 is 0 Å². The first kappa shape index (κ1) is 14.5. The largest absolute Gasteiger partial charge is 0.294 e. The summed E-state index contributed by atoms with van der Waals surface area (Å²) in [5, 5.41) is 0. The van der Waals surface area contributed by atoms with Gasteiger partial charge in [-0.05, 0) is 45.3 Å². The number of hydrogen-bond acceptors (Lipinski definition) is 2. The Hall–Kier alpha value is 0.140. The van der Waals surface area contributed by atoms with E-state index in [1.54, 1.807) is 10.4 Å². The number of nitrogens with zero attached hydrogens (tertiary/aromatic N) is 1. The molecule has 0 saturated heterocycles. The Morgan fingerprint density at radius 1 is 1.44 bits per heavy atom. The molecule has 102 valence electrons. The smallest absolute Gasteiger partial charge is 0.0704 e. The molecule has 0 bridgehead atoms. The molecule has 0 amide bonds. The highest BCUT2D eigenvalue weighted by molar-refractivity contribution is 9.11. The normalized spacial score (nSPS) is 21.4. The quantitative estimate of drug-likeness (QED) is 0.728. The Labute approximate surface area is 124 Å². The molecule has 1 aromatic rings. The van der Waals surface area contributed by atoms with Gasteiger partial charge >= 0.3 is 0 Å². The van der Waals surface area contributed by atoms with E-state index in [0.29, 0.717) is 11.5 Å². The van der Waals surface area contributed by atoms with Gasteiger partial charge in [0.2, 0.25) is 0 Å². The summed E-state index contributed by atoms with van der Waals surface area (Å²) in [7, 11) is 0. The van der Waals surface area contributed by atoms with Gasteiger partial charge in [-0.2, -0.15) is 0 Å². The fourth-order valence-electron chi connectivity index (χ4n) is 3.00. The van der Waals surface area contributed by atoms with Crippen molar-refractivity contribution < 1.29 is 0 Å². The van der Waals surface area contributed by atoms with Crippen LogP contribution in [0.3, 0.4) is 0 Å². The standard InChI is InChI=1S/C15H24BrNS/c1-10(2)9-17-7-6-11-8-12(16)18-13(11)14(17)15(3,4)5/h8,10,14H,6-7,9H2,1-5H3. The molecule has 2 rings (SSSR count). The number of rotatable bonds is 2. The average molecular weight is 330 g/mol. The van der Waals surface area contributed by atoms with Crippen molar-refractivity contribution in [3.63, 3.8) is 0 Å². The molecular formula is C15H24BrNS. The second kappa shape index (κ2) is 5.26. The Bertz CT molecular complexity index is 417.